The first-order valence-corrected chi connectivity index (χ1v) is 20.3. The lowest BCUT2D eigenvalue weighted by Crippen LogP contribution is -2.59. The third-order valence-corrected chi connectivity index (χ3v) is 12.3. The molecule has 0 aliphatic carbocycles. The number of anilines is 1. The Hall–Kier alpha value is -5.32. The Kier molecular flexibility index (Phi) is 10.8. The van der Waals surface area contributed by atoms with Crippen molar-refractivity contribution in [1.82, 2.24) is 29.7 Å². The number of amides is 2. The summed E-state index contributed by atoms with van der Waals surface area (Å²) in [5.74, 6) is -3.18. The van der Waals surface area contributed by atoms with Gasteiger partial charge in [-0.1, -0.05) is 30.8 Å². The van der Waals surface area contributed by atoms with Crippen molar-refractivity contribution >= 4 is 45.1 Å². The molecule has 4 saturated heterocycles. The van der Waals surface area contributed by atoms with Crippen LogP contribution in [0.15, 0.2) is 36.9 Å². The summed E-state index contributed by atoms with van der Waals surface area (Å²) >= 11 is 0. The van der Waals surface area contributed by atoms with Gasteiger partial charge >= 0.3 is 24.2 Å². The van der Waals surface area contributed by atoms with Crippen LogP contribution in [0.3, 0.4) is 0 Å². The molecule has 2 unspecified atom stereocenters. The van der Waals surface area contributed by atoms with Gasteiger partial charge in [0.05, 0.1) is 23.7 Å². The number of piperazine rings is 1. The number of hydrogen-bond acceptors (Lipinski definition) is 10. The largest absolute Gasteiger partial charge is 0.474 e. The summed E-state index contributed by atoms with van der Waals surface area (Å²) in [4.78, 5) is 45.4. The highest BCUT2D eigenvalue weighted by Gasteiger charge is 2.53. The highest BCUT2D eigenvalue weighted by molar-refractivity contribution is 6.05. The van der Waals surface area contributed by atoms with Crippen molar-refractivity contribution in [3.05, 3.63) is 54.1 Å². The highest BCUT2D eigenvalue weighted by Crippen LogP contribution is 2.46. The standard InChI is InChI=1S/C43H48F5N7O5/c1-23(2)31-30(44)14-11-25-9-7-10-29(32(25)31)35-34(45)36-33(38(49-35)60-24(3)4)37(53-19-26-12-13-27(20-53)55(26)39(56)43(46,47)48)51-40(50-36)59-22-42-16-8-18-54(42)28(15-17-42)21-58-41(57)52(5)6/h7,9-11,14,24,26-28H,1,8,12-13,15-22H2,2-6H3/t26?,27?,28-,42-/m1/s1. The molecule has 17 heteroatoms. The fraction of sp³-hybridized carbons (Fsp3) is 0.512. The molecule has 8 rings (SSSR count). The molecule has 4 fully saturated rings. The van der Waals surface area contributed by atoms with Crippen LogP contribution in [0.5, 0.6) is 11.9 Å². The van der Waals surface area contributed by atoms with Crippen molar-refractivity contribution in [2.75, 3.05) is 51.8 Å². The van der Waals surface area contributed by atoms with Gasteiger partial charge in [0.2, 0.25) is 5.88 Å². The van der Waals surface area contributed by atoms with E-state index in [1.807, 2.05) is 0 Å². The molecular formula is C43H48F5N7O5. The normalized spacial score (nSPS) is 22.8. The monoisotopic (exact) mass is 837 g/mol. The molecule has 0 N–H and O–H groups in total. The topological polar surface area (TPSA) is 113 Å². The Bertz CT molecular complexity index is 2360. The van der Waals surface area contributed by atoms with Gasteiger partial charge in [-0.05, 0) is 82.9 Å². The van der Waals surface area contributed by atoms with Gasteiger partial charge in [0.15, 0.2) is 5.82 Å². The first kappa shape index (κ1) is 41.4. The molecule has 4 aliphatic rings. The molecule has 2 aromatic heterocycles. The number of nitrogens with zero attached hydrogens (tertiary/aromatic N) is 7. The molecule has 4 aliphatic heterocycles. The predicted octanol–water partition coefficient (Wildman–Crippen LogP) is 7.76. The van der Waals surface area contributed by atoms with E-state index in [1.165, 1.54) is 11.0 Å². The molecule has 2 aromatic carbocycles. The number of halogens is 5. The van der Waals surface area contributed by atoms with Gasteiger partial charge < -0.3 is 28.9 Å². The van der Waals surface area contributed by atoms with Crippen LogP contribution in [0.25, 0.3) is 38.5 Å². The molecular weight excluding hydrogens is 790 g/mol. The molecule has 2 amide bonds. The highest BCUT2D eigenvalue weighted by atomic mass is 19.4. The minimum atomic E-state index is -5.04. The summed E-state index contributed by atoms with van der Waals surface area (Å²) in [6.07, 6.45) is -2.09. The number of alkyl halides is 3. The van der Waals surface area contributed by atoms with Gasteiger partial charge in [-0.3, -0.25) is 9.69 Å². The van der Waals surface area contributed by atoms with E-state index in [1.54, 1.807) is 64.0 Å². The molecule has 2 bridgehead atoms. The third kappa shape index (κ3) is 7.32. The van der Waals surface area contributed by atoms with E-state index in [-0.39, 0.29) is 77.8 Å². The van der Waals surface area contributed by atoms with Gasteiger partial charge in [0, 0.05) is 49.7 Å². The van der Waals surface area contributed by atoms with Crippen molar-refractivity contribution in [3.63, 3.8) is 0 Å². The summed E-state index contributed by atoms with van der Waals surface area (Å²) in [7, 11) is 3.24. The molecule has 4 atom stereocenters. The maximum absolute atomic E-state index is 17.6. The first-order valence-electron chi connectivity index (χ1n) is 20.3. The van der Waals surface area contributed by atoms with Gasteiger partial charge in [-0.15, -0.1) is 0 Å². The quantitative estimate of drug-likeness (QED) is 0.147. The molecule has 4 aromatic rings. The second-order valence-corrected chi connectivity index (χ2v) is 16.9. The van der Waals surface area contributed by atoms with Crippen molar-refractivity contribution in [2.24, 2.45) is 0 Å². The Balaban J connectivity index is 1.26. The fourth-order valence-electron chi connectivity index (χ4n) is 9.69. The first-order chi connectivity index (χ1) is 28.5. The Morgan fingerprint density at radius 1 is 1.00 bits per heavy atom. The molecule has 60 heavy (non-hydrogen) atoms. The van der Waals surface area contributed by atoms with Crippen LogP contribution in [-0.4, -0.2) is 125 Å². The van der Waals surface area contributed by atoms with Gasteiger partial charge in [0.25, 0.3) is 0 Å². The van der Waals surface area contributed by atoms with Crippen molar-refractivity contribution in [2.45, 2.75) is 95.2 Å². The van der Waals surface area contributed by atoms with Crippen molar-refractivity contribution < 1.29 is 45.8 Å². The van der Waals surface area contributed by atoms with Crippen molar-refractivity contribution in [1.29, 1.82) is 0 Å². The van der Waals surface area contributed by atoms with Crippen LogP contribution in [-0.2, 0) is 9.53 Å². The van der Waals surface area contributed by atoms with Gasteiger partial charge in [-0.2, -0.15) is 23.1 Å². The van der Waals surface area contributed by atoms with E-state index < -0.39 is 53.5 Å². The summed E-state index contributed by atoms with van der Waals surface area (Å²) in [5.41, 5.74) is 0.0917. The van der Waals surface area contributed by atoms with E-state index in [9.17, 15) is 22.8 Å². The van der Waals surface area contributed by atoms with E-state index in [2.05, 4.69) is 16.5 Å². The predicted molar refractivity (Wildman–Crippen MR) is 215 cm³/mol. The van der Waals surface area contributed by atoms with Crippen LogP contribution >= 0.6 is 0 Å². The number of carbonyl (C=O) groups is 2. The Morgan fingerprint density at radius 2 is 1.73 bits per heavy atom. The zero-order valence-electron chi connectivity index (χ0n) is 34.2. The van der Waals surface area contributed by atoms with Crippen LogP contribution in [0, 0.1) is 11.6 Å². The zero-order chi connectivity index (χ0) is 42.8. The minimum Gasteiger partial charge on any atom is -0.474 e. The number of aromatic nitrogens is 3. The number of hydrogen-bond donors (Lipinski definition) is 0. The van der Waals surface area contributed by atoms with Gasteiger partial charge in [-0.25, -0.2) is 18.6 Å². The minimum absolute atomic E-state index is 0.0238. The number of allylic oxidation sites excluding steroid dienone is 1. The van der Waals surface area contributed by atoms with Crippen LogP contribution in [0.1, 0.15) is 64.9 Å². The summed E-state index contributed by atoms with van der Waals surface area (Å²) in [5, 5.41) is 1.11. The molecule has 320 valence electrons. The molecule has 12 nitrogen and oxygen atoms in total. The average Bonchev–Trinajstić information content (AvgIpc) is 3.84. The number of pyridine rings is 1. The molecule has 0 saturated carbocycles. The van der Waals surface area contributed by atoms with Crippen molar-refractivity contribution in [3.8, 4) is 23.1 Å². The summed E-state index contributed by atoms with van der Waals surface area (Å²) in [6, 6.07) is 6.30. The van der Waals surface area contributed by atoms with Crippen LogP contribution in [0.2, 0.25) is 0 Å². The lowest BCUT2D eigenvalue weighted by molar-refractivity contribution is -0.188. The number of fused-ring (bicyclic) bond motifs is 5. The lowest BCUT2D eigenvalue weighted by Gasteiger charge is -2.42. The number of ether oxygens (including phenoxy) is 3. The smallest absolute Gasteiger partial charge is 0.471 e. The number of benzene rings is 2. The Morgan fingerprint density at radius 3 is 2.40 bits per heavy atom. The zero-order valence-corrected chi connectivity index (χ0v) is 34.2. The lowest BCUT2D eigenvalue weighted by atomic mass is 9.93. The number of rotatable bonds is 10. The molecule has 0 spiro atoms. The fourth-order valence-corrected chi connectivity index (χ4v) is 9.69. The van der Waals surface area contributed by atoms with Crippen LogP contribution in [0.4, 0.5) is 32.6 Å². The Labute approximate surface area is 344 Å². The second kappa shape index (κ2) is 15.6. The van der Waals surface area contributed by atoms with Gasteiger partial charge in [0.1, 0.15) is 41.4 Å². The van der Waals surface area contributed by atoms with E-state index in [0.717, 1.165) is 37.1 Å². The third-order valence-electron chi connectivity index (χ3n) is 12.3. The maximum atomic E-state index is 17.6. The average molecular weight is 838 g/mol. The molecule has 6 heterocycles. The summed E-state index contributed by atoms with van der Waals surface area (Å²) < 4.78 is 92.7. The number of carbonyl (C=O) groups excluding carboxylic acids is 2. The SMILES string of the molecule is C=C(C)c1c(F)ccc2cccc(-c3nc(OC(C)C)c4c(N5CC6CCC(C5)N6C(=O)C(F)(F)F)nc(OC[C@]56CCCN5[C@@H](COC(=O)N(C)C)CC6)nc4c3F)c12. The second-order valence-electron chi connectivity index (χ2n) is 16.9. The maximum Gasteiger partial charge on any atom is 0.471 e. The summed E-state index contributed by atoms with van der Waals surface area (Å²) in [6.45, 7) is 10.3. The molecule has 0 radical (unpaired) electrons. The van der Waals surface area contributed by atoms with E-state index in [0.29, 0.717) is 29.2 Å². The van der Waals surface area contributed by atoms with E-state index >= 15 is 8.78 Å². The van der Waals surface area contributed by atoms with Crippen LogP contribution < -0.4 is 14.4 Å². The van der Waals surface area contributed by atoms with E-state index in [4.69, 9.17) is 24.2 Å².